The lowest BCUT2D eigenvalue weighted by atomic mass is 10.0. The second kappa shape index (κ2) is 5.53. The molecule has 0 aliphatic rings. The van der Waals surface area contributed by atoms with Gasteiger partial charge < -0.3 is 10.6 Å². The van der Waals surface area contributed by atoms with Crippen LogP contribution < -0.4 is 10.6 Å². The zero-order valence-corrected chi connectivity index (χ0v) is 11.7. The third kappa shape index (κ3) is 3.33. The molecule has 0 aliphatic heterocycles. The van der Waals surface area contributed by atoms with Gasteiger partial charge in [-0.15, -0.1) is 6.58 Å². The Hall–Kier alpha value is -1.35. The molecular weight excluding hydrogens is 227 g/mol. The van der Waals surface area contributed by atoms with E-state index in [9.17, 15) is 4.39 Å². The van der Waals surface area contributed by atoms with Gasteiger partial charge in [-0.3, -0.25) is 0 Å². The van der Waals surface area contributed by atoms with E-state index in [0.29, 0.717) is 12.2 Å². The van der Waals surface area contributed by atoms with Crippen molar-refractivity contribution >= 4 is 5.69 Å². The largest absolute Gasteiger partial charge is 0.361 e. The number of rotatable bonds is 4. The second-order valence-corrected chi connectivity index (χ2v) is 5.57. The molecule has 1 atom stereocenters. The molecule has 0 bridgehead atoms. The third-order valence-corrected chi connectivity index (χ3v) is 2.91. The highest BCUT2D eigenvalue weighted by atomic mass is 19.1. The summed E-state index contributed by atoms with van der Waals surface area (Å²) in [6, 6.07) is 5.03. The fraction of sp³-hybridized carbons (Fsp3) is 0.467. The molecule has 1 aromatic carbocycles. The number of benzene rings is 1. The minimum atomic E-state index is -0.235. The highest BCUT2D eigenvalue weighted by Gasteiger charge is 2.23. The maximum Gasteiger partial charge on any atom is 0.146 e. The van der Waals surface area contributed by atoms with E-state index in [1.54, 1.807) is 12.1 Å². The van der Waals surface area contributed by atoms with Gasteiger partial charge in [-0.1, -0.05) is 12.1 Å². The van der Waals surface area contributed by atoms with Crippen molar-refractivity contribution in [1.29, 1.82) is 0 Å². The smallest absolute Gasteiger partial charge is 0.146 e. The van der Waals surface area contributed by atoms with Gasteiger partial charge in [-0.25, -0.2) is 4.39 Å². The van der Waals surface area contributed by atoms with Crippen LogP contribution in [0.15, 0.2) is 30.9 Å². The van der Waals surface area contributed by atoms with E-state index < -0.39 is 0 Å². The fourth-order valence-electron chi connectivity index (χ4n) is 1.89. The van der Waals surface area contributed by atoms with Crippen LogP contribution >= 0.6 is 0 Å². The molecule has 18 heavy (non-hydrogen) atoms. The van der Waals surface area contributed by atoms with Crippen LogP contribution in [0.1, 0.15) is 39.3 Å². The lowest BCUT2D eigenvalue weighted by molar-refractivity contribution is 0.507. The highest BCUT2D eigenvalue weighted by molar-refractivity contribution is 5.52. The SMILES string of the molecule is C=CCN(c1ccc([C@H](C)N)cc1F)C(C)(C)C. The molecule has 0 spiro atoms. The predicted molar refractivity (Wildman–Crippen MR) is 76.3 cm³/mol. The van der Waals surface area contributed by atoms with Crippen molar-refractivity contribution in [2.45, 2.75) is 39.3 Å². The number of nitrogens with two attached hydrogens (primary N) is 1. The molecule has 0 saturated carbocycles. The van der Waals surface area contributed by atoms with Crippen molar-refractivity contribution in [3.05, 3.63) is 42.2 Å². The first kappa shape index (κ1) is 14.7. The molecule has 2 N–H and O–H groups in total. The minimum Gasteiger partial charge on any atom is -0.361 e. The van der Waals surface area contributed by atoms with Gasteiger partial charge in [-0.05, 0) is 45.4 Å². The molecule has 1 rings (SSSR count). The monoisotopic (exact) mass is 250 g/mol. The molecular formula is C15H23FN2. The third-order valence-electron chi connectivity index (χ3n) is 2.91. The van der Waals surface area contributed by atoms with Crippen LogP contribution in [0.4, 0.5) is 10.1 Å². The molecule has 0 unspecified atom stereocenters. The summed E-state index contributed by atoms with van der Waals surface area (Å²) in [6.45, 7) is 12.3. The Morgan fingerprint density at radius 2 is 2.06 bits per heavy atom. The van der Waals surface area contributed by atoms with Crippen LogP contribution in [0.2, 0.25) is 0 Å². The summed E-state index contributed by atoms with van der Waals surface area (Å²) in [6.07, 6.45) is 1.78. The van der Waals surface area contributed by atoms with Crippen molar-refractivity contribution in [2.75, 3.05) is 11.4 Å². The topological polar surface area (TPSA) is 29.3 Å². The van der Waals surface area contributed by atoms with Crippen molar-refractivity contribution in [2.24, 2.45) is 5.73 Å². The summed E-state index contributed by atoms with van der Waals surface area (Å²) in [7, 11) is 0. The molecule has 100 valence electrons. The van der Waals surface area contributed by atoms with Crippen LogP contribution in [-0.4, -0.2) is 12.1 Å². The van der Waals surface area contributed by atoms with E-state index >= 15 is 0 Å². The van der Waals surface area contributed by atoms with Crippen molar-refractivity contribution in [3.63, 3.8) is 0 Å². The Bertz CT molecular complexity index is 419. The molecule has 3 heteroatoms. The minimum absolute atomic E-state index is 0.156. The summed E-state index contributed by atoms with van der Waals surface area (Å²) in [5.74, 6) is -0.235. The summed E-state index contributed by atoms with van der Waals surface area (Å²) < 4.78 is 14.2. The standard InChI is InChI=1S/C15H23FN2/c1-6-9-18(15(3,4)5)14-8-7-12(11(2)17)10-13(14)16/h6-8,10-11H,1,9,17H2,2-5H3/t11-/m0/s1. The van der Waals surface area contributed by atoms with Crippen LogP contribution in [0.5, 0.6) is 0 Å². The average Bonchev–Trinajstić information content (AvgIpc) is 2.24. The highest BCUT2D eigenvalue weighted by Crippen LogP contribution is 2.28. The van der Waals surface area contributed by atoms with Gasteiger partial charge in [0.15, 0.2) is 0 Å². The van der Waals surface area contributed by atoms with E-state index in [0.717, 1.165) is 5.56 Å². The molecule has 0 saturated heterocycles. The summed E-state index contributed by atoms with van der Waals surface area (Å²) >= 11 is 0. The Balaban J connectivity index is 3.18. The Kier molecular flexibility index (Phi) is 4.52. The Morgan fingerprint density at radius 3 is 2.44 bits per heavy atom. The second-order valence-electron chi connectivity index (χ2n) is 5.57. The maximum absolute atomic E-state index is 14.2. The molecule has 0 heterocycles. The zero-order valence-electron chi connectivity index (χ0n) is 11.7. The van der Waals surface area contributed by atoms with Gasteiger partial charge in [0.1, 0.15) is 5.82 Å². The Morgan fingerprint density at radius 1 is 1.44 bits per heavy atom. The van der Waals surface area contributed by atoms with Gasteiger partial charge in [0, 0.05) is 18.1 Å². The van der Waals surface area contributed by atoms with E-state index in [1.165, 1.54) is 6.07 Å². The van der Waals surface area contributed by atoms with Gasteiger partial charge in [0.25, 0.3) is 0 Å². The molecule has 0 amide bonds. The van der Waals surface area contributed by atoms with E-state index in [-0.39, 0.29) is 17.4 Å². The number of halogens is 1. The lowest BCUT2D eigenvalue weighted by Crippen LogP contribution is -2.42. The summed E-state index contributed by atoms with van der Waals surface area (Å²) in [4.78, 5) is 1.99. The molecule has 0 aliphatic carbocycles. The van der Waals surface area contributed by atoms with Gasteiger partial charge >= 0.3 is 0 Å². The average molecular weight is 250 g/mol. The van der Waals surface area contributed by atoms with Crippen molar-refractivity contribution < 1.29 is 4.39 Å². The molecule has 2 nitrogen and oxygen atoms in total. The van der Waals surface area contributed by atoms with Crippen LogP contribution in [0, 0.1) is 5.82 Å². The molecule has 0 fully saturated rings. The zero-order chi connectivity index (χ0) is 13.9. The Labute approximate surface area is 109 Å². The quantitative estimate of drug-likeness (QED) is 0.827. The number of anilines is 1. The number of hydrogen-bond donors (Lipinski definition) is 1. The first-order valence-electron chi connectivity index (χ1n) is 6.21. The van der Waals surface area contributed by atoms with E-state index in [1.807, 2.05) is 17.9 Å². The predicted octanol–water partition coefficient (Wildman–Crippen LogP) is 3.64. The number of hydrogen-bond acceptors (Lipinski definition) is 2. The van der Waals surface area contributed by atoms with Gasteiger partial charge in [0.2, 0.25) is 0 Å². The van der Waals surface area contributed by atoms with E-state index in [4.69, 9.17) is 5.73 Å². The summed E-state index contributed by atoms with van der Waals surface area (Å²) in [5.41, 5.74) is 6.99. The van der Waals surface area contributed by atoms with Crippen LogP contribution in [0.25, 0.3) is 0 Å². The number of nitrogens with zero attached hydrogens (tertiary/aromatic N) is 1. The van der Waals surface area contributed by atoms with Gasteiger partial charge in [0.05, 0.1) is 5.69 Å². The fourth-order valence-corrected chi connectivity index (χ4v) is 1.89. The molecule has 1 aromatic rings. The van der Waals surface area contributed by atoms with Crippen molar-refractivity contribution in [1.82, 2.24) is 0 Å². The molecule has 0 radical (unpaired) electrons. The lowest BCUT2D eigenvalue weighted by Gasteiger charge is -2.37. The first-order valence-corrected chi connectivity index (χ1v) is 6.21. The summed E-state index contributed by atoms with van der Waals surface area (Å²) in [5, 5.41) is 0. The first-order chi connectivity index (χ1) is 8.27. The van der Waals surface area contributed by atoms with Crippen molar-refractivity contribution in [3.8, 4) is 0 Å². The van der Waals surface area contributed by atoms with Gasteiger partial charge in [-0.2, -0.15) is 0 Å². The van der Waals surface area contributed by atoms with Crippen LogP contribution in [-0.2, 0) is 0 Å². The normalized spacial score (nSPS) is 13.2. The van der Waals surface area contributed by atoms with E-state index in [2.05, 4.69) is 27.4 Å². The maximum atomic E-state index is 14.2. The van der Waals surface area contributed by atoms with Crippen LogP contribution in [0.3, 0.4) is 0 Å². The molecule has 0 aromatic heterocycles.